The minimum absolute atomic E-state index is 0.0871. The number of hydrogen-bond donors (Lipinski definition) is 0. The maximum Gasteiger partial charge on any atom is 0.274 e. The molecular weight excluding hydrogens is 308 g/mol. The van der Waals surface area contributed by atoms with Crippen LogP contribution >= 0.6 is 11.3 Å². The van der Waals surface area contributed by atoms with Crippen molar-refractivity contribution in [2.24, 2.45) is 0 Å². The van der Waals surface area contributed by atoms with Crippen molar-refractivity contribution in [2.45, 2.75) is 12.8 Å². The highest BCUT2D eigenvalue weighted by molar-refractivity contribution is 7.20. The number of benzene rings is 2. The van der Waals surface area contributed by atoms with E-state index in [9.17, 15) is 4.79 Å². The number of carbonyl (C=O) groups is 1. The number of carbonyl (C=O) groups excluding carboxylic acids is 1. The van der Waals surface area contributed by atoms with Gasteiger partial charge in [-0.2, -0.15) is 0 Å². The van der Waals surface area contributed by atoms with Gasteiger partial charge in [-0.25, -0.2) is 4.98 Å². The molecule has 3 rings (SSSR count). The number of para-hydroxylation sites is 2. The van der Waals surface area contributed by atoms with Gasteiger partial charge >= 0.3 is 0 Å². The summed E-state index contributed by atoms with van der Waals surface area (Å²) in [5.74, 6) is 0.0871. The number of fused-ring (bicyclic) bond motifs is 1. The van der Waals surface area contributed by atoms with Gasteiger partial charge in [-0.1, -0.05) is 41.7 Å². The first-order chi connectivity index (χ1) is 11.2. The fourth-order valence-electron chi connectivity index (χ4n) is 2.26. The molecule has 1 heterocycles. The van der Waals surface area contributed by atoms with Crippen LogP contribution in [0.1, 0.15) is 12.8 Å². The third-order valence-corrected chi connectivity index (χ3v) is 4.50. The Kier molecular flexibility index (Phi) is 4.88. The summed E-state index contributed by atoms with van der Waals surface area (Å²) in [6.07, 6.45) is 1.13. The zero-order valence-corrected chi connectivity index (χ0v) is 13.8. The molecule has 0 bridgehead atoms. The summed E-state index contributed by atoms with van der Waals surface area (Å²) < 4.78 is 6.78. The summed E-state index contributed by atoms with van der Waals surface area (Å²) in [5.41, 5.74) is 1.86. The molecule has 5 heteroatoms. The van der Waals surface area contributed by atoms with E-state index in [1.54, 1.807) is 11.9 Å². The minimum Gasteiger partial charge on any atom is -0.470 e. The first-order valence-electron chi connectivity index (χ1n) is 7.54. The van der Waals surface area contributed by atoms with Crippen LogP contribution in [0, 0.1) is 0 Å². The standard InChI is InChI=1S/C18H18N2O2S/c1-20(14-8-3-2-4-9-14)17(21)12-7-13-22-18-19-15-10-5-6-11-16(15)23-18/h2-6,8-11H,7,12-13H2,1H3. The van der Waals surface area contributed by atoms with Crippen LogP contribution in [-0.2, 0) is 4.79 Å². The van der Waals surface area contributed by atoms with Crippen LogP contribution in [0.2, 0.25) is 0 Å². The largest absolute Gasteiger partial charge is 0.470 e. The third-order valence-electron chi connectivity index (χ3n) is 3.55. The number of ether oxygens (including phenoxy) is 1. The predicted molar refractivity (Wildman–Crippen MR) is 94.2 cm³/mol. The van der Waals surface area contributed by atoms with Crippen molar-refractivity contribution in [3.63, 3.8) is 0 Å². The minimum atomic E-state index is 0.0871. The molecule has 0 unspecified atom stereocenters. The molecule has 0 spiro atoms. The Balaban J connectivity index is 1.47. The molecule has 0 saturated carbocycles. The van der Waals surface area contributed by atoms with Crippen molar-refractivity contribution in [1.82, 2.24) is 4.98 Å². The molecule has 1 aromatic heterocycles. The molecule has 0 atom stereocenters. The van der Waals surface area contributed by atoms with E-state index in [1.165, 1.54) is 11.3 Å². The van der Waals surface area contributed by atoms with E-state index in [2.05, 4.69) is 4.98 Å². The maximum atomic E-state index is 12.2. The van der Waals surface area contributed by atoms with Gasteiger partial charge in [-0.3, -0.25) is 4.79 Å². The van der Waals surface area contributed by atoms with Gasteiger partial charge in [0.15, 0.2) is 0 Å². The predicted octanol–water partition coefficient (Wildman–Crippen LogP) is 4.12. The van der Waals surface area contributed by atoms with E-state index in [1.807, 2.05) is 54.6 Å². The lowest BCUT2D eigenvalue weighted by Gasteiger charge is -2.17. The SMILES string of the molecule is CN(C(=O)CCCOc1nc2ccccc2s1)c1ccccc1. The van der Waals surface area contributed by atoms with E-state index in [0.717, 1.165) is 15.9 Å². The molecule has 0 aliphatic rings. The molecular formula is C18H18N2O2S. The number of nitrogens with zero attached hydrogens (tertiary/aromatic N) is 2. The summed E-state index contributed by atoms with van der Waals surface area (Å²) in [4.78, 5) is 18.2. The van der Waals surface area contributed by atoms with Crippen molar-refractivity contribution in [2.75, 3.05) is 18.6 Å². The lowest BCUT2D eigenvalue weighted by atomic mass is 10.2. The van der Waals surface area contributed by atoms with Gasteiger partial charge in [0.05, 0.1) is 16.8 Å². The Bertz CT molecular complexity index is 753. The average molecular weight is 326 g/mol. The quantitative estimate of drug-likeness (QED) is 0.640. The molecule has 0 saturated heterocycles. The summed E-state index contributed by atoms with van der Waals surface area (Å²) in [7, 11) is 1.80. The second kappa shape index (κ2) is 7.24. The van der Waals surface area contributed by atoms with Crippen molar-refractivity contribution in [3.8, 4) is 5.19 Å². The lowest BCUT2D eigenvalue weighted by molar-refractivity contribution is -0.118. The van der Waals surface area contributed by atoms with E-state index in [-0.39, 0.29) is 5.91 Å². The van der Waals surface area contributed by atoms with Crippen LogP contribution in [0.5, 0.6) is 5.19 Å². The Hall–Kier alpha value is -2.40. The Morgan fingerprint density at radius 1 is 1.13 bits per heavy atom. The molecule has 4 nitrogen and oxygen atoms in total. The molecule has 0 fully saturated rings. The van der Waals surface area contributed by atoms with Crippen molar-refractivity contribution >= 4 is 33.1 Å². The van der Waals surface area contributed by atoms with Crippen LogP contribution in [0.4, 0.5) is 5.69 Å². The van der Waals surface area contributed by atoms with E-state index < -0.39 is 0 Å². The van der Waals surface area contributed by atoms with Crippen molar-refractivity contribution in [1.29, 1.82) is 0 Å². The number of amides is 1. The molecule has 2 aromatic carbocycles. The van der Waals surface area contributed by atoms with Crippen LogP contribution in [0.15, 0.2) is 54.6 Å². The van der Waals surface area contributed by atoms with Crippen LogP contribution in [-0.4, -0.2) is 24.5 Å². The molecule has 0 radical (unpaired) electrons. The molecule has 0 N–H and O–H groups in total. The zero-order chi connectivity index (χ0) is 16.1. The molecule has 1 amide bonds. The molecule has 23 heavy (non-hydrogen) atoms. The molecule has 118 valence electrons. The second-order valence-corrected chi connectivity index (χ2v) is 6.18. The summed E-state index contributed by atoms with van der Waals surface area (Å²) in [6, 6.07) is 17.6. The first-order valence-corrected chi connectivity index (χ1v) is 8.35. The number of anilines is 1. The fraction of sp³-hybridized carbons (Fsp3) is 0.222. The van der Waals surface area contributed by atoms with E-state index >= 15 is 0 Å². The van der Waals surface area contributed by atoms with Crippen LogP contribution < -0.4 is 9.64 Å². The zero-order valence-electron chi connectivity index (χ0n) is 12.9. The second-order valence-electron chi connectivity index (χ2n) is 5.19. The lowest BCUT2D eigenvalue weighted by Crippen LogP contribution is -2.26. The van der Waals surface area contributed by atoms with Gasteiger partial charge in [-0.05, 0) is 30.7 Å². The highest BCUT2D eigenvalue weighted by Crippen LogP contribution is 2.27. The molecule has 0 aliphatic carbocycles. The Labute approximate surface area is 139 Å². The fourth-order valence-corrected chi connectivity index (χ4v) is 3.10. The molecule has 0 aliphatic heterocycles. The van der Waals surface area contributed by atoms with Gasteiger partial charge in [-0.15, -0.1) is 0 Å². The average Bonchev–Trinajstić information content (AvgIpc) is 3.01. The van der Waals surface area contributed by atoms with Crippen LogP contribution in [0.3, 0.4) is 0 Å². The molecule has 3 aromatic rings. The van der Waals surface area contributed by atoms with E-state index in [0.29, 0.717) is 24.6 Å². The van der Waals surface area contributed by atoms with Crippen molar-refractivity contribution < 1.29 is 9.53 Å². The van der Waals surface area contributed by atoms with Gasteiger partial charge in [0.1, 0.15) is 0 Å². The third kappa shape index (κ3) is 3.87. The Morgan fingerprint density at radius 2 is 1.87 bits per heavy atom. The topological polar surface area (TPSA) is 42.4 Å². The van der Waals surface area contributed by atoms with Crippen molar-refractivity contribution in [3.05, 3.63) is 54.6 Å². The first kappa shape index (κ1) is 15.5. The van der Waals surface area contributed by atoms with Gasteiger partial charge in [0.2, 0.25) is 5.91 Å². The highest BCUT2D eigenvalue weighted by atomic mass is 32.1. The number of rotatable bonds is 6. The van der Waals surface area contributed by atoms with Gasteiger partial charge in [0, 0.05) is 19.2 Å². The van der Waals surface area contributed by atoms with Gasteiger partial charge < -0.3 is 9.64 Å². The smallest absolute Gasteiger partial charge is 0.274 e. The Morgan fingerprint density at radius 3 is 2.65 bits per heavy atom. The van der Waals surface area contributed by atoms with E-state index in [4.69, 9.17) is 4.74 Å². The summed E-state index contributed by atoms with van der Waals surface area (Å²) in [6.45, 7) is 0.494. The van der Waals surface area contributed by atoms with Crippen LogP contribution in [0.25, 0.3) is 10.2 Å². The monoisotopic (exact) mass is 326 g/mol. The maximum absolute atomic E-state index is 12.2. The normalized spacial score (nSPS) is 10.7. The summed E-state index contributed by atoms with van der Waals surface area (Å²) >= 11 is 1.53. The number of aromatic nitrogens is 1. The summed E-state index contributed by atoms with van der Waals surface area (Å²) in [5, 5.41) is 0.662. The number of hydrogen-bond acceptors (Lipinski definition) is 4. The number of thiazole rings is 1. The highest BCUT2D eigenvalue weighted by Gasteiger charge is 2.10. The van der Waals surface area contributed by atoms with Gasteiger partial charge in [0.25, 0.3) is 5.19 Å².